The second-order valence-corrected chi connectivity index (χ2v) is 6.83. The van der Waals surface area contributed by atoms with Crippen molar-refractivity contribution in [3.05, 3.63) is 90.3 Å². The molecular formula is C20H22N4S. The molecule has 5 heteroatoms. The third-order valence-electron chi connectivity index (χ3n) is 3.75. The van der Waals surface area contributed by atoms with Gasteiger partial charge in [-0.1, -0.05) is 18.2 Å². The molecule has 0 radical (unpaired) electrons. The summed E-state index contributed by atoms with van der Waals surface area (Å²) in [6.07, 6.45) is 5.55. The molecule has 3 aromatic rings. The molecular weight excluding hydrogens is 328 g/mol. The van der Waals surface area contributed by atoms with Gasteiger partial charge in [-0.15, -0.1) is 0 Å². The average Bonchev–Trinajstić information content (AvgIpc) is 2.67. The van der Waals surface area contributed by atoms with Crippen LogP contribution < -0.4 is 0 Å². The van der Waals surface area contributed by atoms with Crippen LogP contribution in [0.3, 0.4) is 0 Å². The van der Waals surface area contributed by atoms with Gasteiger partial charge in [0.05, 0.1) is 17.1 Å². The largest absolute Gasteiger partial charge is 0.291 e. The molecule has 0 saturated carbocycles. The zero-order valence-corrected chi connectivity index (χ0v) is 15.0. The average molecular weight is 350 g/mol. The first kappa shape index (κ1) is 17.6. The van der Waals surface area contributed by atoms with Crippen molar-refractivity contribution in [1.29, 1.82) is 0 Å². The van der Waals surface area contributed by atoms with E-state index in [4.69, 9.17) is 0 Å². The van der Waals surface area contributed by atoms with E-state index < -0.39 is 0 Å². The Morgan fingerprint density at radius 3 is 1.68 bits per heavy atom. The summed E-state index contributed by atoms with van der Waals surface area (Å²) in [7, 11) is 0. The summed E-state index contributed by atoms with van der Waals surface area (Å²) < 4.78 is 0. The van der Waals surface area contributed by atoms with Crippen LogP contribution >= 0.6 is 11.8 Å². The lowest BCUT2D eigenvalue weighted by molar-refractivity contribution is 0.267. The van der Waals surface area contributed by atoms with Crippen molar-refractivity contribution in [2.75, 3.05) is 12.3 Å². The van der Waals surface area contributed by atoms with E-state index in [1.54, 1.807) is 0 Å². The summed E-state index contributed by atoms with van der Waals surface area (Å²) in [5.41, 5.74) is 3.31. The van der Waals surface area contributed by atoms with Crippen molar-refractivity contribution in [2.45, 2.75) is 18.8 Å². The lowest BCUT2D eigenvalue weighted by Crippen LogP contribution is -2.26. The molecule has 3 heterocycles. The van der Waals surface area contributed by atoms with Crippen LogP contribution in [0.2, 0.25) is 0 Å². The van der Waals surface area contributed by atoms with Crippen molar-refractivity contribution >= 4 is 11.8 Å². The molecule has 0 unspecified atom stereocenters. The van der Waals surface area contributed by atoms with Crippen molar-refractivity contribution in [3.8, 4) is 0 Å². The molecule has 0 aromatic carbocycles. The molecule has 0 bridgehead atoms. The first-order chi connectivity index (χ1) is 12.4. The molecule has 0 saturated heterocycles. The van der Waals surface area contributed by atoms with Gasteiger partial charge in [0.25, 0.3) is 0 Å². The Bertz CT molecular complexity index is 681. The molecule has 0 amide bonds. The number of nitrogens with zero attached hydrogens (tertiary/aromatic N) is 4. The van der Waals surface area contributed by atoms with Crippen LogP contribution in [0.1, 0.15) is 17.1 Å². The van der Waals surface area contributed by atoms with Gasteiger partial charge in [-0.25, -0.2) is 0 Å². The van der Waals surface area contributed by atoms with E-state index in [-0.39, 0.29) is 0 Å². The van der Waals surface area contributed by atoms with Crippen LogP contribution in [0, 0.1) is 0 Å². The van der Waals surface area contributed by atoms with Gasteiger partial charge in [0.15, 0.2) is 0 Å². The normalized spacial score (nSPS) is 10.9. The predicted octanol–water partition coefficient (Wildman–Crippen LogP) is 3.81. The summed E-state index contributed by atoms with van der Waals surface area (Å²) in [6.45, 7) is 2.66. The van der Waals surface area contributed by atoms with Gasteiger partial charge in [0, 0.05) is 49.7 Å². The topological polar surface area (TPSA) is 41.9 Å². The Kier molecular flexibility index (Phi) is 6.97. The fourth-order valence-corrected chi connectivity index (χ4v) is 3.42. The van der Waals surface area contributed by atoms with E-state index in [1.165, 1.54) is 0 Å². The molecule has 3 rings (SSSR count). The van der Waals surface area contributed by atoms with E-state index in [2.05, 4.69) is 38.1 Å². The maximum atomic E-state index is 4.46. The summed E-state index contributed by atoms with van der Waals surface area (Å²) in [4.78, 5) is 15.7. The Hall–Kier alpha value is -2.24. The highest BCUT2D eigenvalue weighted by Gasteiger charge is 2.09. The first-order valence-electron chi connectivity index (χ1n) is 8.40. The van der Waals surface area contributed by atoms with Crippen molar-refractivity contribution in [1.82, 2.24) is 19.9 Å². The molecule has 0 N–H and O–H groups in total. The number of rotatable bonds is 9. The van der Waals surface area contributed by atoms with Gasteiger partial charge in [-0.2, -0.15) is 11.8 Å². The lowest BCUT2D eigenvalue weighted by atomic mass is 10.3. The molecule has 0 atom stereocenters. The zero-order chi connectivity index (χ0) is 17.2. The number of hydrogen-bond acceptors (Lipinski definition) is 5. The van der Waals surface area contributed by atoms with Crippen LogP contribution in [-0.2, 0) is 18.8 Å². The number of aromatic nitrogens is 3. The Morgan fingerprint density at radius 1 is 0.680 bits per heavy atom. The smallest absolute Gasteiger partial charge is 0.0544 e. The Labute approximate surface area is 153 Å². The van der Waals surface area contributed by atoms with E-state index in [1.807, 2.05) is 66.8 Å². The molecule has 0 aliphatic rings. The Morgan fingerprint density at radius 2 is 1.20 bits per heavy atom. The summed E-state index contributed by atoms with van der Waals surface area (Å²) in [6, 6.07) is 18.2. The third-order valence-corrected chi connectivity index (χ3v) is 4.72. The van der Waals surface area contributed by atoms with Crippen molar-refractivity contribution in [2.24, 2.45) is 0 Å². The molecule has 0 spiro atoms. The highest BCUT2D eigenvalue weighted by Crippen LogP contribution is 2.12. The van der Waals surface area contributed by atoms with Crippen LogP contribution in [0.25, 0.3) is 0 Å². The maximum absolute atomic E-state index is 4.46. The quantitative estimate of drug-likeness (QED) is 0.549. The first-order valence-corrected chi connectivity index (χ1v) is 9.55. The fourth-order valence-electron chi connectivity index (χ4n) is 2.51. The predicted molar refractivity (Wildman–Crippen MR) is 103 cm³/mol. The van der Waals surface area contributed by atoms with Gasteiger partial charge in [0.2, 0.25) is 0 Å². The van der Waals surface area contributed by atoms with Gasteiger partial charge in [0.1, 0.15) is 0 Å². The summed E-state index contributed by atoms with van der Waals surface area (Å²) >= 11 is 1.91. The van der Waals surface area contributed by atoms with E-state index in [0.717, 1.165) is 48.2 Å². The lowest BCUT2D eigenvalue weighted by Gasteiger charge is -2.21. The van der Waals surface area contributed by atoms with Crippen LogP contribution in [0.5, 0.6) is 0 Å². The zero-order valence-electron chi connectivity index (χ0n) is 14.2. The van der Waals surface area contributed by atoms with Crippen LogP contribution in [-0.4, -0.2) is 32.1 Å². The molecule has 0 fully saturated rings. The van der Waals surface area contributed by atoms with Gasteiger partial charge in [-0.3, -0.25) is 19.9 Å². The molecule has 25 heavy (non-hydrogen) atoms. The standard InChI is InChI=1S/C20H22N4S/c1-4-10-21-18(7-1)15-24(16-19-8-2-5-11-22-19)13-14-25-17-20-9-3-6-12-23-20/h1-12H,13-17H2. The van der Waals surface area contributed by atoms with E-state index >= 15 is 0 Å². The van der Waals surface area contributed by atoms with Crippen LogP contribution in [0.15, 0.2) is 73.2 Å². The molecule has 128 valence electrons. The monoisotopic (exact) mass is 350 g/mol. The molecule has 0 aliphatic heterocycles. The number of hydrogen-bond donors (Lipinski definition) is 0. The minimum atomic E-state index is 0.835. The Balaban J connectivity index is 1.54. The second-order valence-electron chi connectivity index (χ2n) is 5.73. The fraction of sp³-hybridized carbons (Fsp3) is 0.250. The van der Waals surface area contributed by atoms with Gasteiger partial charge >= 0.3 is 0 Å². The maximum Gasteiger partial charge on any atom is 0.0544 e. The molecule has 4 nitrogen and oxygen atoms in total. The molecule has 3 aromatic heterocycles. The number of pyridine rings is 3. The summed E-state index contributed by atoms with van der Waals surface area (Å²) in [5.74, 6) is 2.00. The highest BCUT2D eigenvalue weighted by atomic mass is 32.2. The number of thioether (sulfide) groups is 1. The van der Waals surface area contributed by atoms with Gasteiger partial charge < -0.3 is 0 Å². The van der Waals surface area contributed by atoms with E-state index in [0.29, 0.717) is 0 Å². The molecule has 0 aliphatic carbocycles. The van der Waals surface area contributed by atoms with Gasteiger partial charge in [-0.05, 0) is 36.4 Å². The van der Waals surface area contributed by atoms with Crippen LogP contribution in [0.4, 0.5) is 0 Å². The third kappa shape index (κ3) is 6.29. The highest BCUT2D eigenvalue weighted by molar-refractivity contribution is 7.98. The minimum absolute atomic E-state index is 0.835. The minimum Gasteiger partial charge on any atom is -0.291 e. The van der Waals surface area contributed by atoms with Crippen molar-refractivity contribution in [3.63, 3.8) is 0 Å². The SMILES string of the molecule is c1ccc(CSCCN(Cc2ccccn2)Cc2ccccn2)nc1. The van der Waals surface area contributed by atoms with Crippen molar-refractivity contribution < 1.29 is 0 Å². The second kappa shape index (κ2) is 9.91. The summed E-state index contributed by atoms with van der Waals surface area (Å²) in [5, 5.41) is 0. The van der Waals surface area contributed by atoms with E-state index in [9.17, 15) is 0 Å².